The number of amides is 1. The zero-order chi connectivity index (χ0) is 18.1. The molecule has 0 fully saturated rings. The lowest BCUT2D eigenvalue weighted by Crippen LogP contribution is -2.41. The Hall–Kier alpha value is -1.81. The fourth-order valence-electron chi connectivity index (χ4n) is 2.17. The van der Waals surface area contributed by atoms with E-state index in [0.717, 1.165) is 12.3 Å². The average molecular weight is 488 g/mol. The van der Waals surface area contributed by atoms with E-state index in [1.54, 1.807) is 49.8 Å². The van der Waals surface area contributed by atoms with Crippen molar-refractivity contribution >= 4 is 47.2 Å². The van der Waals surface area contributed by atoms with Crippen LogP contribution in [0.3, 0.4) is 0 Å². The number of carbonyl (C=O) groups excluding carboxylic acids is 1. The van der Waals surface area contributed by atoms with E-state index in [4.69, 9.17) is 4.74 Å². The lowest BCUT2D eigenvalue weighted by molar-refractivity contribution is 0.0954. The van der Waals surface area contributed by atoms with Crippen molar-refractivity contribution in [1.82, 2.24) is 16.0 Å². The number of halogens is 1. The van der Waals surface area contributed by atoms with Gasteiger partial charge in [-0.2, -0.15) is 0 Å². The topological polar surface area (TPSA) is 74.8 Å². The second-order valence-corrected chi connectivity index (χ2v) is 6.72. The number of nitrogens with one attached hydrogen (secondary N) is 3. The first kappa shape index (κ1) is 22.2. The van der Waals surface area contributed by atoms with E-state index in [-0.39, 0.29) is 29.9 Å². The van der Waals surface area contributed by atoms with Gasteiger partial charge in [0.15, 0.2) is 5.96 Å². The van der Waals surface area contributed by atoms with Crippen molar-refractivity contribution < 1.29 is 9.53 Å². The van der Waals surface area contributed by atoms with Crippen molar-refractivity contribution in [1.29, 1.82) is 0 Å². The number of ether oxygens (including phenoxy) is 1. The quantitative estimate of drug-likeness (QED) is 0.243. The van der Waals surface area contributed by atoms with Gasteiger partial charge in [-0.1, -0.05) is 0 Å². The lowest BCUT2D eigenvalue weighted by atomic mass is 10.2. The van der Waals surface area contributed by atoms with Gasteiger partial charge in [0.2, 0.25) is 0 Å². The van der Waals surface area contributed by atoms with E-state index in [9.17, 15) is 4.79 Å². The maximum atomic E-state index is 12.0. The molecule has 0 aliphatic rings. The number of rotatable bonds is 7. The highest BCUT2D eigenvalue weighted by atomic mass is 127. The summed E-state index contributed by atoms with van der Waals surface area (Å²) in [5, 5.41) is 9.30. The minimum Gasteiger partial charge on any atom is -0.497 e. The monoisotopic (exact) mass is 488 g/mol. The molecule has 0 spiro atoms. The first-order chi connectivity index (χ1) is 12.1. The van der Waals surface area contributed by atoms with Gasteiger partial charge in [0.1, 0.15) is 5.75 Å². The second-order valence-electron chi connectivity index (χ2n) is 5.35. The third-order valence-electron chi connectivity index (χ3n) is 3.50. The Morgan fingerprint density at radius 3 is 2.35 bits per heavy atom. The summed E-state index contributed by atoms with van der Waals surface area (Å²) in [5.74, 6) is 1.33. The molecule has 142 valence electrons. The number of aryl methyl sites for hydroxylation is 1. The highest BCUT2D eigenvalue weighted by Gasteiger charge is 2.05. The predicted octanol–water partition coefficient (Wildman–Crippen LogP) is 2.78. The minimum atomic E-state index is -0.110. The molecular weight excluding hydrogens is 463 g/mol. The highest BCUT2D eigenvalue weighted by Crippen LogP contribution is 2.14. The van der Waals surface area contributed by atoms with Gasteiger partial charge in [-0.15, -0.1) is 35.3 Å². The number of thiophene rings is 1. The zero-order valence-corrected chi connectivity index (χ0v) is 18.3. The highest BCUT2D eigenvalue weighted by molar-refractivity contribution is 14.0. The molecule has 2 rings (SSSR count). The number of nitrogens with zero attached hydrogens (tertiary/aromatic N) is 1. The minimum absolute atomic E-state index is 0. The number of hydrogen-bond donors (Lipinski definition) is 3. The predicted molar refractivity (Wildman–Crippen MR) is 118 cm³/mol. The maximum Gasteiger partial charge on any atom is 0.251 e. The molecule has 0 aliphatic carbocycles. The fourth-order valence-corrected chi connectivity index (χ4v) is 3.00. The van der Waals surface area contributed by atoms with Crippen LogP contribution in [0.1, 0.15) is 20.1 Å². The van der Waals surface area contributed by atoms with Gasteiger partial charge < -0.3 is 20.7 Å². The molecule has 0 bridgehead atoms. The summed E-state index contributed by atoms with van der Waals surface area (Å²) in [6.07, 6.45) is 0. The van der Waals surface area contributed by atoms with Gasteiger partial charge in [0.25, 0.3) is 5.91 Å². The van der Waals surface area contributed by atoms with Crippen LogP contribution in [0, 0.1) is 6.92 Å². The molecule has 0 aliphatic heterocycles. The van der Waals surface area contributed by atoms with E-state index in [1.165, 1.54) is 9.75 Å². The molecule has 1 aromatic carbocycles. The molecule has 8 heteroatoms. The standard InChI is InChI=1S/C18H24N4O2S.HI/c1-13-4-9-16(25-13)12-22-18(19-2)21-11-10-20-17(23)14-5-7-15(24-3)8-6-14;/h4-9H,10-12H2,1-3H3,(H,20,23)(H2,19,21,22);1H. The Morgan fingerprint density at radius 1 is 1.08 bits per heavy atom. The van der Waals surface area contributed by atoms with Crippen LogP contribution < -0.4 is 20.7 Å². The van der Waals surface area contributed by atoms with Crippen LogP contribution in [0.4, 0.5) is 0 Å². The smallest absolute Gasteiger partial charge is 0.251 e. The molecule has 0 unspecified atom stereocenters. The zero-order valence-electron chi connectivity index (χ0n) is 15.2. The number of aliphatic imine (C=N–C) groups is 1. The summed E-state index contributed by atoms with van der Waals surface area (Å²) in [4.78, 5) is 18.8. The molecule has 0 atom stereocenters. The maximum absolute atomic E-state index is 12.0. The van der Waals surface area contributed by atoms with Crippen LogP contribution >= 0.6 is 35.3 Å². The average Bonchev–Trinajstić information content (AvgIpc) is 3.06. The third kappa shape index (κ3) is 7.20. The van der Waals surface area contributed by atoms with Crippen LogP contribution in [-0.4, -0.2) is 39.1 Å². The van der Waals surface area contributed by atoms with Crippen molar-refractivity contribution in [2.45, 2.75) is 13.5 Å². The fraction of sp³-hybridized carbons (Fsp3) is 0.333. The van der Waals surface area contributed by atoms with Crippen LogP contribution in [0.25, 0.3) is 0 Å². The van der Waals surface area contributed by atoms with E-state index in [0.29, 0.717) is 24.6 Å². The first-order valence-electron chi connectivity index (χ1n) is 8.04. The Balaban J connectivity index is 0.00000338. The molecule has 1 heterocycles. The van der Waals surface area contributed by atoms with Crippen molar-refractivity contribution in [3.63, 3.8) is 0 Å². The Morgan fingerprint density at radius 2 is 1.77 bits per heavy atom. The van der Waals surface area contributed by atoms with Crippen LogP contribution in [-0.2, 0) is 6.54 Å². The van der Waals surface area contributed by atoms with Crippen molar-refractivity contribution in [2.24, 2.45) is 4.99 Å². The summed E-state index contributed by atoms with van der Waals surface area (Å²) < 4.78 is 5.08. The van der Waals surface area contributed by atoms with E-state index >= 15 is 0 Å². The van der Waals surface area contributed by atoms with Crippen LogP contribution in [0.2, 0.25) is 0 Å². The molecule has 3 N–H and O–H groups in total. The van der Waals surface area contributed by atoms with Gasteiger partial charge in [0.05, 0.1) is 13.7 Å². The first-order valence-corrected chi connectivity index (χ1v) is 8.86. The van der Waals surface area contributed by atoms with Crippen molar-refractivity contribution in [2.75, 3.05) is 27.2 Å². The molecule has 0 radical (unpaired) electrons. The van der Waals surface area contributed by atoms with Gasteiger partial charge in [-0.3, -0.25) is 9.79 Å². The van der Waals surface area contributed by atoms with Crippen molar-refractivity contribution in [3.8, 4) is 5.75 Å². The lowest BCUT2D eigenvalue weighted by Gasteiger charge is -2.12. The van der Waals surface area contributed by atoms with Crippen LogP contribution in [0.15, 0.2) is 41.4 Å². The number of benzene rings is 1. The number of hydrogen-bond acceptors (Lipinski definition) is 4. The van der Waals surface area contributed by atoms with Crippen LogP contribution in [0.5, 0.6) is 5.75 Å². The number of methoxy groups -OCH3 is 1. The molecule has 1 amide bonds. The summed E-state index contributed by atoms with van der Waals surface area (Å²) in [5.41, 5.74) is 0.608. The van der Waals surface area contributed by atoms with E-state index < -0.39 is 0 Å². The summed E-state index contributed by atoms with van der Waals surface area (Å²) in [7, 11) is 3.33. The third-order valence-corrected chi connectivity index (χ3v) is 4.51. The Labute approximate surface area is 175 Å². The summed E-state index contributed by atoms with van der Waals surface area (Å²) in [6.45, 7) is 3.91. The molecular formula is C18H25IN4O2S. The largest absolute Gasteiger partial charge is 0.497 e. The van der Waals surface area contributed by atoms with Gasteiger partial charge >= 0.3 is 0 Å². The SMILES string of the molecule is CN=C(NCCNC(=O)c1ccc(OC)cc1)NCc1ccc(C)s1.I. The Kier molecular flexibility index (Phi) is 10.0. The van der Waals surface area contributed by atoms with Gasteiger partial charge in [-0.05, 0) is 43.3 Å². The van der Waals surface area contributed by atoms with E-state index in [1.807, 2.05) is 0 Å². The second kappa shape index (κ2) is 11.7. The molecule has 6 nitrogen and oxygen atoms in total. The van der Waals surface area contributed by atoms with E-state index in [2.05, 4.69) is 40.0 Å². The van der Waals surface area contributed by atoms with Crippen molar-refractivity contribution in [3.05, 3.63) is 51.7 Å². The normalized spacial score (nSPS) is 10.7. The molecule has 0 saturated carbocycles. The molecule has 0 saturated heterocycles. The summed E-state index contributed by atoms with van der Waals surface area (Å²) in [6, 6.07) is 11.2. The molecule has 1 aromatic heterocycles. The molecule has 2 aromatic rings. The van der Waals surface area contributed by atoms with Gasteiger partial charge in [0, 0.05) is 35.5 Å². The summed E-state index contributed by atoms with van der Waals surface area (Å²) >= 11 is 1.76. The number of guanidine groups is 1. The Bertz CT molecular complexity index is 716. The molecule has 26 heavy (non-hydrogen) atoms. The van der Waals surface area contributed by atoms with Gasteiger partial charge in [-0.25, -0.2) is 0 Å². The number of carbonyl (C=O) groups is 1.